The Hall–Kier alpha value is -1.51. The largest absolute Gasteiger partial charge is 0.465 e. The van der Waals surface area contributed by atoms with Gasteiger partial charge in [-0.25, -0.2) is 0 Å². The monoisotopic (exact) mass is 438 g/mol. The molecule has 3 heteroatoms. The van der Waals surface area contributed by atoms with E-state index < -0.39 is 0 Å². The Kier molecular flexibility index (Phi) is 5.42. The van der Waals surface area contributed by atoms with E-state index in [1.165, 1.54) is 42.8 Å². The molecule has 1 heterocycles. The van der Waals surface area contributed by atoms with Crippen LogP contribution in [-0.2, 0) is 27.8 Å². The highest BCUT2D eigenvalue weighted by Crippen LogP contribution is 2.65. The summed E-state index contributed by atoms with van der Waals surface area (Å²) in [4.78, 5) is 11.5. The van der Waals surface area contributed by atoms with E-state index in [9.17, 15) is 4.79 Å². The molecule has 32 heavy (non-hydrogen) atoms. The Bertz CT molecular complexity index is 936. The zero-order valence-corrected chi connectivity index (χ0v) is 21.1. The van der Waals surface area contributed by atoms with Crippen LogP contribution in [0.4, 0.5) is 0 Å². The van der Waals surface area contributed by atoms with Crippen molar-refractivity contribution in [3.63, 3.8) is 0 Å². The third-order valence-electron chi connectivity index (χ3n) is 10.0. The predicted octanol–water partition coefficient (Wildman–Crippen LogP) is 7.08. The smallest absolute Gasteiger partial charge is 0.302 e. The van der Waals surface area contributed by atoms with Crippen molar-refractivity contribution in [2.75, 3.05) is 0 Å². The van der Waals surface area contributed by atoms with Crippen molar-refractivity contribution < 1.29 is 13.9 Å². The summed E-state index contributed by atoms with van der Waals surface area (Å²) >= 11 is 0. The van der Waals surface area contributed by atoms with Gasteiger partial charge in [0.15, 0.2) is 0 Å². The van der Waals surface area contributed by atoms with E-state index in [2.05, 4.69) is 40.7 Å². The van der Waals surface area contributed by atoms with Crippen LogP contribution in [0.2, 0.25) is 0 Å². The minimum absolute atomic E-state index is 0.0830. The second-order valence-corrected chi connectivity index (χ2v) is 12.3. The molecule has 1 aromatic heterocycles. The van der Waals surface area contributed by atoms with Crippen molar-refractivity contribution in [3.05, 3.63) is 34.3 Å². The van der Waals surface area contributed by atoms with Gasteiger partial charge in [0.05, 0.1) is 0 Å². The molecule has 0 aromatic carbocycles. The summed E-state index contributed by atoms with van der Waals surface area (Å²) in [5, 5.41) is 0. The number of ether oxygens (including phenoxy) is 1. The van der Waals surface area contributed by atoms with Crippen molar-refractivity contribution in [1.82, 2.24) is 0 Å². The molecule has 2 fully saturated rings. The maximum absolute atomic E-state index is 11.5. The normalized spacial score (nSPS) is 37.9. The number of furan rings is 1. The van der Waals surface area contributed by atoms with Gasteiger partial charge in [0.2, 0.25) is 0 Å². The van der Waals surface area contributed by atoms with Crippen molar-refractivity contribution >= 4 is 5.97 Å². The molecule has 2 saturated carbocycles. The summed E-state index contributed by atoms with van der Waals surface area (Å²) in [6.07, 6.45) is 12.9. The topological polar surface area (TPSA) is 39.4 Å². The van der Waals surface area contributed by atoms with Crippen LogP contribution in [0.15, 0.2) is 16.1 Å². The molecule has 0 aliphatic heterocycles. The minimum atomic E-state index is -0.135. The lowest BCUT2D eigenvalue weighted by Crippen LogP contribution is -2.51. The molecule has 4 aliphatic rings. The quantitative estimate of drug-likeness (QED) is 0.372. The van der Waals surface area contributed by atoms with Gasteiger partial charge >= 0.3 is 5.97 Å². The van der Waals surface area contributed by atoms with Crippen LogP contribution in [0.5, 0.6) is 0 Å². The zero-order chi connectivity index (χ0) is 22.8. The average molecular weight is 439 g/mol. The molecule has 176 valence electrons. The fourth-order valence-corrected chi connectivity index (χ4v) is 8.34. The standard InChI is InChI=1S/C29H42O3/c1-17(2)7-10-25-18(3)27-26(32-25)16-24-22-9-8-20-15-21(31-19(4)30)11-13-28(20,5)23(22)12-14-29(24,27)6/h8,17,21-24H,7,9-16H2,1-6H3/t21-,22+,23-,24-,28-,29-/m0/s1. The van der Waals surface area contributed by atoms with Gasteiger partial charge in [-0.1, -0.05) is 39.3 Å². The van der Waals surface area contributed by atoms with Crippen molar-refractivity contribution in [2.24, 2.45) is 29.1 Å². The van der Waals surface area contributed by atoms with Crippen LogP contribution in [-0.4, -0.2) is 12.1 Å². The summed E-state index contributed by atoms with van der Waals surface area (Å²) in [5.74, 6) is 5.35. The maximum Gasteiger partial charge on any atom is 0.302 e. The molecule has 3 nitrogen and oxygen atoms in total. The van der Waals surface area contributed by atoms with Gasteiger partial charge in [0.1, 0.15) is 17.6 Å². The Morgan fingerprint density at radius 2 is 1.91 bits per heavy atom. The van der Waals surface area contributed by atoms with Crippen LogP contribution in [0, 0.1) is 36.0 Å². The first-order valence-corrected chi connectivity index (χ1v) is 13.1. The molecule has 0 bridgehead atoms. The third kappa shape index (κ3) is 3.32. The van der Waals surface area contributed by atoms with E-state index in [4.69, 9.17) is 9.15 Å². The van der Waals surface area contributed by atoms with Gasteiger partial charge in [-0.3, -0.25) is 4.79 Å². The molecule has 0 N–H and O–H groups in total. The van der Waals surface area contributed by atoms with Crippen molar-refractivity contribution in [3.8, 4) is 0 Å². The van der Waals surface area contributed by atoms with E-state index in [0.717, 1.165) is 43.9 Å². The van der Waals surface area contributed by atoms with Crippen molar-refractivity contribution in [2.45, 2.75) is 111 Å². The van der Waals surface area contributed by atoms with Crippen LogP contribution in [0.25, 0.3) is 0 Å². The fraction of sp³-hybridized carbons (Fsp3) is 0.759. The van der Waals surface area contributed by atoms with Gasteiger partial charge in [-0.15, -0.1) is 0 Å². The van der Waals surface area contributed by atoms with E-state index in [0.29, 0.717) is 11.8 Å². The minimum Gasteiger partial charge on any atom is -0.465 e. The Balaban J connectivity index is 1.40. The first-order chi connectivity index (χ1) is 15.1. The highest BCUT2D eigenvalue weighted by atomic mass is 16.5. The number of esters is 1. The summed E-state index contributed by atoms with van der Waals surface area (Å²) < 4.78 is 12.2. The van der Waals surface area contributed by atoms with Gasteiger partial charge in [-0.2, -0.15) is 0 Å². The molecule has 0 saturated heterocycles. The van der Waals surface area contributed by atoms with Gasteiger partial charge in [0.25, 0.3) is 0 Å². The zero-order valence-electron chi connectivity index (χ0n) is 21.1. The van der Waals surface area contributed by atoms with Crippen LogP contribution < -0.4 is 0 Å². The molecule has 5 rings (SSSR count). The number of carbonyl (C=O) groups is 1. The Morgan fingerprint density at radius 1 is 1.16 bits per heavy atom. The van der Waals surface area contributed by atoms with Gasteiger partial charge in [-0.05, 0) is 85.5 Å². The van der Waals surface area contributed by atoms with E-state index >= 15 is 0 Å². The van der Waals surface area contributed by atoms with Gasteiger partial charge < -0.3 is 9.15 Å². The SMILES string of the molecule is CC(=O)O[C@H]1CC[C@@]2(C)C(=CC[C@@H]3[C@@H]2CC[C@]2(C)c4c(oc(CCC(C)C)c4C)C[C@@H]32)C1. The average Bonchev–Trinajstić information content (AvgIpc) is 3.20. The van der Waals surface area contributed by atoms with Crippen molar-refractivity contribution in [1.29, 1.82) is 0 Å². The number of fused-ring (bicyclic) bond motifs is 7. The molecule has 0 amide bonds. The van der Waals surface area contributed by atoms with E-state index in [1.54, 1.807) is 18.1 Å². The second kappa shape index (κ2) is 7.77. The number of aryl methyl sites for hydroxylation is 1. The number of hydrogen-bond acceptors (Lipinski definition) is 3. The lowest BCUT2D eigenvalue weighted by atomic mass is 9.47. The van der Waals surface area contributed by atoms with Gasteiger partial charge in [0, 0.05) is 31.7 Å². The number of rotatable bonds is 4. The highest BCUT2D eigenvalue weighted by molar-refractivity contribution is 5.66. The first kappa shape index (κ1) is 22.3. The molecule has 0 unspecified atom stereocenters. The third-order valence-corrected chi connectivity index (χ3v) is 10.0. The lowest BCUT2D eigenvalue weighted by molar-refractivity contribution is -0.148. The maximum atomic E-state index is 11.5. The van der Waals surface area contributed by atoms with E-state index in [1.807, 2.05) is 0 Å². The van der Waals surface area contributed by atoms with Crippen LogP contribution >= 0.6 is 0 Å². The lowest BCUT2D eigenvalue weighted by Gasteiger charge is -2.57. The van der Waals surface area contributed by atoms with Crippen LogP contribution in [0.3, 0.4) is 0 Å². The van der Waals surface area contributed by atoms with Crippen LogP contribution in [0.1, 0.15) is 102 Å². The summed E-state index contributed by atoms with van der Waals surface area (Å²) in [5.41, 5.74) is 5.17. The first-order valence-electron chi connectivity index (χ1n) is 13.1. The summed E-state index contributed by atoms with van der Waals surface area (Å²) in [6, 6.07) is 0. The fourth-order valence-electron chi connectivity index (χ4n) is 8.34. The number of allylic oxidation sites excluding steroid dienone is 1. The molecule has 1 aromatic rings. The molecule has 0 spiro atoms. The molecule has 4 aliphatic carbocycles. The number of hydrogen-bond donors (Lipinski definition) is 0. The second-order valence-electron chi connectivity index (χ2n) is 12.3. The summed E-state index contributed by atoms with van der Waals surface area (Å²) in [6.45, 7) is 13.5. The van der Waals surface area contributed by atoms with E-state index in [-0.39, 0.29) is 22.9 Å². The molecule has 0 radical (unpaired) electrons. The molecular formula is C29H42O3. The Morgan fingerprint density at radius 3 is 2.62 bits per heavy atom. The Labute approximate surface area is 194 Å². The molecule has 6 atom stereocenters. The number of carbonyl (C=O) groups excluding carboxylic acids is 1. The summed E-state index contributed by atoms with van der Waals surface area (Å²) in [7, 11) is 0. The predicted molar refractivity (Wildman–Crippen MR) is 128 cm³/mol. The molecular weight excluding hydrogens is 396 g/mol. The highest BCUT2D eigenvalue weighted by Gasteiger charge is 2.59.